The van der Waals surface area contributed by atoms with Gasteiger partial charge in [-0.1, -0.05) is 6.07 Å². The summed E-state index contributed by atoms with van der Waals surface area (Å²) < 4.78 is 15.5. The molecule has 3 amide bonds. The van der Waals surface area contributed by atoms with Crippen molar-refractivity contribution in [3.63, 3.8) is 0 Å². The van der Waals surface area contributed by atoms with Crippen molar-refractivity contribution in [1.82, 2.24) is 5.43 Å². The lowest BCUT2D eigenvalue weighted by Crippen LogP contribution is -2.33. The van der Waals surface area contributed by atoms with Gasteiger partial charge in [-0.2, -0.15) is 5.10 Å². The van der Waals surface area contributed by atoms with Crippen molar-refractivity contribution in [2.45, 2.75) is 20.3 Å². The van der Waals surface area contributed by atoms with Crippen LogP contribution in [0.15, 0.2) is 41.5 Å². The minimum absolute atomic E-state index is 0.0945. The average Bonchev–Trinajstić information content (AvgIpc) is 2.77. The van der Waals surface area contributed by atoms with E-state index in [1.54, 1.807) is 31.2 Å². The van der Waals surface area contributed by atoms with Crippen molar-refractivity contribution < 1.29 is 28.6 Å². The molecule has 0 unspecified atom stereocenters. The standard InChI is InChI=1S/C22H26N4O6/c1-13-6-8-18(31-4)16(10-13)23-20(27)11-14(2)25-26-22(29)21(28)24-17-12-15(30-3)7-9-19(17)32-5/h6-10,12H,11H2,1-5H3,(H,23,27)(H,24,28)(H,26,29)/b25-14-. The molecule has 2 rings (SSSR count). The Morgan fingerprint density at radius 1 is 0.844 bits per heavy atom. The maximum atomic E-state index is 12.3. The Labute approximate surface area is 185 Å². The van der Waals surface area contributed by atoms with Crippen LogP contribution in [-0.4, -0.2) is 44.8 Å². The van der Waals surface area contributed by atoms with Gasteiger partial charge in [-0.3, -0.25) is 14.4 Å². The van der Waals surface area contributed by atoms with Gasteiger partial charge in [0.15, 0.2) is 0 Å². The van der Waals surface area contributed by atoms with Crippen LogP contribution in [-0.2, 0) is 14.4 Å². The number of nitrogens with one attached hydrogen (secondary N) is 3. The second kappa shape index (κ2) is 11.3. The maximum absolute atomic E-state index is 12.3. The molecule has 10 heteroatoms. The van der Waals surface area contributed by atoms with Crippen molar-refractivity contribution in [3.05, 3.63) is 42.0 Å². The highest BCUT2D eigenvalue weighted by atomic mass is 16.5. The third-order valence-corrected chi connectivity index (χ3v) is 4.25. The van der Waals surface area contributed by atoms with E-state index in [0.29, 0.717) is 28.6 Å². The number of benzene rings is 2. The molecule has 0 bridgehead atoms. The monoisotopic (exact) mass is 442 g/mol. The highest BCUT2D eigenvalue weighted by Crippen LogP contribution is 2.28. The van der Waals surface area contributed by atoms with Gasteiger partial charge < -0.3 is 24.8 Å². The third-order valence-electron chi connectivity index (χ3n) is 4.25. The number of ether oxygens (including phenoxy) is 3. The summed E-state index contributed by atoms with van der Waals surface area (Å²) >= 11 is 0. The van der Waals surface area contributed by atoms with Crippen molar-refractivity contribution in [2.75, 3.05) is 32.0 Å². The van der Waals surface area contributed by atoms with Crippen LogP contribution in [0.2, 0.25) is 0 Å². The zero-order valence-corrected chi connectivity index (χ0v) is 18.6. The molecule has 0 spiro atoms. The molecule has 10 nitrogen and oxygen atoms in total. The zero-order valence-electron chi connectivity index (χ0n) is 18.6. The Morgan fingerprint density at radius 2 is 1.47 bits per heavy atom. The van der Waals surface area contributed by atoms with Gasteiger partial charge in [-0.05, 0) is 43.7 Å². The number of anilines is 2. The van der Waals surface area contributed by atoms with Crippen LogP contribution in [0.3, 0.4) is 0 Å². The minimum Gasteiger partial charge on any atom is -0.497 e. The summed E-state index contributed by atoms with van der Waals surface area (Å²) in [4.78, 5) is 36.5. The van der Waals surface area contributed by atoms with Gasteiger partial charge in [0.25, 0.3) is 0 Å². The van der Waals surface area contributed by atoms with E-state index in [-0.39, 0.29) is 18.0 Å². The van der Waals surface area contributed by atoms with Crippen molar-refractivity contribution >= 4 is 34.8 Å². The van der Waals surface area contributed by atoms with E-state index in [2.05, 4.69) is 21.2 Å². The van der Waals surface area contributed by atoms with Crippen LogP contribution >= 0.6 is 0 Å². The molecule has 0 saturated heterocycles. The van der Waals surface area contributed by atoms with E-state index in [0.717, 1.165) is 5.56 Å². The van der Waals surface area contributed by atoms with Gasteiger partial charge in [0.2, 0.25) is 5.91 Å². The van der Waals surface area contributed by atoms with Gasteiger partial charge in [-0.15, -0.1) is 0 Å². The number of aryl methyl sites for hydroxylation is 1. The molecule has 2 aromatic carbocycles. The SMILES string of the molecule is COc1ccc(OC)c(NC(=O)C(=O)N/N=C(/C)CC(=O)Nc2cc(C)ccc2OC)c1. The number of hydrazone groups is 1. The summed E-state index contributed by atoms with van der Waals surface area (Å²) in [6.45, 7) is 3.44. The Balaban J connectivity index is 1.95. The zero-order chi connectivity index (χ0) is 23.7. The van der Waals surface area contributed by atoms with Crippen molar-refractivity contribution in [1.29, 1.82) is 0 Å². The third kappa shape index (κ3) is 6.73. The highest BCUT2D eigenvalue weighted by molar-refractivity contribution is 6.39. The Kier molecular flexibility index (Phi) is 8.58. The van der Waals surface area contributed by atoms with Gasteiger partial charge in [0.1, 0.15) is 17.2 Å². The number of methoxy groups -OCH3 is 3. The first kappa shape index (κ1) is 24.2. The molecule has 0 atom stereocenters. The van der Waals surface area contributed by atoms with Crippen LogP contribution in [0.5, 0.6) is 17.2 Å². The summed E-state index contributed by atoms with van der Waals surface area (Å²) in [5.41, 5.74) is 4.18. The molecule has 0 aromatic heterocycles. The van der Waals surface area contributed by atoms with Crippen LogP contribution in [0.1, 0.15) is 18.9 Å². The molecular weight excluding hydrogens is 416 g/mol. The average molecular weight is 442 g/mol. The van der Waals surface area contributed by atoms with Crippen LogP contribution < -0.4 is 30.3 Å². The second-order valence-corrected chi connectivity index (χ2v) is 6.74. The Bertz CT molecular complexity index is 1040. The van der Waals surface area contributed by atoms with Crippen LogP contribution in [0.25, 0.3) is 0 Å². The van der Waals surface area contributed by atoms with Crippen molar-refractivity contribution in [3.8, 4) is 17.2 Å². The fourth-order valence-electron chi connectivity index (χ4n) is 2.67. The molecule has 0 heterocycles. The molecule has 170 valence electrons. The molecule has 2 aromatic rings. The van der Waals surface area contributed by atoms with E-state index < -0.39 is 11.8 Å². The van der Waals surface area contributed by atoms with Gasteiger partial charge >= 0.3 is 11.8 Å². The largest absolute Gasteiger partial charge is 0.497 e. The first-order chi connectivity index (χ1) is 15.3. The number of hydrogen-bond acceptors (Lipinski definition) is 7. The van der Waals surface area contributed by atoms with Gasteiger partial charge in [0, 0.05) is 11.8 Å². The molecule has 3 N–H and O–H groups in total. The molecule has 0 aliphatic rings. The highest BCUT2D eigenvalue weighted by Gasteiger charge is 2.17. The summed E-state index contributed by atoms with van der Waals surface area (Å²) in [7, 11) is 4.42. The van der Waals surface area contributed by atoms with Gasteiger partial charge in [-0.25, -0.2) is 5.43 Å². The van der Waals surface area contributed by atoms with Crippen LogP contribution in [0.4, 0.5) is 11.4 Å². The number of carbonyl (C=O) groups excluding carboxylic acids is 3. The number of nitrogens with zero attached hydrogens (tertiary/aromatic N) is 1. The molecule has 0 saturated carbocycles. The lowest BCUT2D eigenvalue weighted by molar-refractivity contribution is -0.136. The van der Waals surface area contributed by atoms with Gasteiger partial charge in [0.05, 0.1) is 39.1 Å². The van der Waals surface area contributed by atoms with E-state index >= 15 is 0 Å². The summed E-state index contributed by atoms with van der Waals surface area (Å²) in [5, 5.41) is 8.98. The fraction of sp³-hybridized carbons (Fsp3) is 0.273. The fourth-order valence-corrected chi connectivity index (χ4v) is 2.67. The molecular formula is C22H26N4O6. The minimum atomic E-state index is -1.00. The molecule has 0 radical (unpaired) electrons. The second-order valence-electron chi connectivity index (χ2n) is 6.74. The van der Waals surface area contributed by atoms with E-state index in [1.807, 2.05) is 13.0 Å². The quantitative estimate of drug-likeness (QED) is 0.327. The summed E-state index contributed by atoms with van der Waals surface area (Å²) in [6, 6.07) is 10.2. The molecule has 0 aliphatic carbocycles. The van der Waals surface area contributed by atoms with E-state index in [4.69, 9.17) is 14.2 Å². The first-order valence-corrected chi connectivity index (χ1v) is 9.58. The van der Waals surface area contributed by atoms with Crippen LogP contribution in [0, 0.1) is 6.92 Å². The lowest BCUT2D eigenvalue weighted by Gasteiger charge is -2.11. The van der Waals surface area contributed by atoms with E-state index in [1.165, 1.54) is 27.4 Å². The number of amides is 3. The Hall–Kier alpha value is -4.08. The topological polar surface area (TPSA) is 127 Å². The summed E-state index contributed by atoms with van der Waals surface area (Å²) in [5.74, 6) is -0.954. The lowest BCUT2D eigenvalue weighted by atomic mass is 10.2. The van der Waals surface area contributed by atoms with Crippen molar-refractivity contribution in [2.24, 2.45) is 5.10 Å². The predicted molar refractivity (Wildman–Crippen MR) is 120 cm³/mol. The smallest absolute Gasteiger partial charge is 0.329 e. The maximum Gasteiger partial charge on any atom is 0.329 e. The number of rotatable bonds is 8. The molecule has 0 aliphatic heterocycles. The first-order valence-electron chi connectivity index (χ1n) is 9.58. The number of carbonyl (C=O) groups is 3. The predicted octanol–water partition coefficient (Wildman–Crippen LogP) is 2.48. The Morgan fingerprint density at radius 3 is 2.09 bits per heavy atom. The summed E-state index contributed by atoms with van der Waals surface area (Å²) in [6.07, 6.45) is -0.0945. The normalized spacial score (nSPS) is 10.7. The van der Waals surface area contributed by atoms with E-state index in [9.17, 15) is 14.4 Å². The molecule has 32 heavy (non-hydrogen) atoms. The number of hydrogen-bond donors (Lipinski definition) is 3. The molecule has 0 fully saturated rings.